The van der Waals surface area contributed by atoms with Gasteiger partial charge in [-0.1, -0.05) is 29.8 Å². The van der Waals surface area contributed by atoms with E-state index in [1.165, 1.54) is 0 Å². The number of halogens is 1. The van der Waals surface area contributed by atoms with Gasteiger partial charge in [0.15, 0.2) is 0 Å². The largest absolute Gasteiger partial charge is 0.481 e. The lowest BCUT2D eigenvalue weighted by atomic mass is 9.99. The van der Waals surface area contributed by atoms with E-state index in [0.717, 1.165) is 16.7 Å². The molecule has 2 N–H and O–H groups in total. The number of benzene rings is 1. The van der Waals surface area contributed by atoms with Crippen LogP contribution in [0, 0.1) is 6.92 Å². The molecule has 18 heavy (non-hydrogen) atoms. The summed E-state index contributed by atoms with van der Waals surface area (Å²) in [4.78, 5) is 4.15. The first-order valence-corrected chi connectivity index (χ1v) is 6.02. The molecule has 4 heteroatoms. The van der Waals surface area contributed by atoms with Gasteiger partial charge in [-0.2, -0.15) is 0 Å². The Morgan fingerprint density at radius 1 is 1.33 bits per heavy atom. The zero-order chi connectivity index (χ0) is 13.1. The Bertz CT molecular complexity index is 557. The van der Waals surface area contributed by atoms with Gasteiger partial charge in [-0.3, -0.25) is 0 Å². The lowest BCUT2D eigenvalue weighted by Crippen LogP contribution is -2.13. The summed E-state index contributed by atoms with van der Waals surface area (Å²) in [6.07, 6.45) is 1.68. The summed E-state index contributed by atoms with van der Waals surface area (Å²) in [6.45, 7) is 1.96. The molecule has 1 aromatic heterocycles. The average molecular weight is 263 g/mol. The Morgan fingerprint density at radius 2 is 2.11 bits per heavy atom. The van der Waals surface area contributed by atoms with E-state index in [1.54, 1.807) is 13.3 Å². The van der Waals surface area contributed by atoms with Crippen molar-refractivity contribution in [3.63, 3.8) is 0 Å². The molecule has 2 aromatic rings. The van der Waals surface area contributed by atoms with Gasteiger partial charge in [-0.15, -0.1) is 0 Å². The highest BCUT2D eigenvalue weighted by Crippen LogP contribution is 2.28. The molecular formula is C14H15ClN2O. The van der Waals surface area contributed by atoms with Gasteiger partial charge >= 0.3 is 0 Å². The number of rotatable bonds is 3. The van der Waals surface area contributed by atoms with Crippen molar-refractivity contribution in [2.45, 2.75) is 13.0 Å². The Labute approximate surface area is 112 Å². The van der Waals surface area contributed by atoms with Crippen LogP contribution >= 0.6 is 11.6 Å². The molecule has 1 aromatic carbocycles. The molecule has 1 unspecified atom stereocenters. The molecule has 3 nitrogen and oxygen atoms in total. The summed E-state index contributed by atoms with van der Waals surface area (Å²) in [5.74, 6) is 0.543. The summed E-state index contributed by atoms with van der Waals surface area (Å²) >= 11 is 6.12. The predicted octanol–water partition coefficient (Wildman–Crippen LogP) is 3.10. The second-order valence-corrected chi connectivity index (χ2v) is 4.50. The van der Waals surface area contributed by atoms with E-state index in [-0.39, 0.29) is 6.04 Å². The van der Waals surface area contributed by atoms with Gasteiger partial charge < -0.3 is 10.5 Å². The van der Waals surface area contributed by atoms with Crippen LogP contribution in [0.2, 0.25) is 5.02 Å². The summed E-state index contributed by atoms with van der Waals surface area (Å²) in [5.41, 5.74) is 9.05. The van der Waals surface area contributed by atoms with E-state index in [9.17, 15) is 0 Å². The Kier molecular flexibility index (Phi) is 3.84. The second kappa shape index (κ2) is 5.38. The molecule has 1 heterocycles. The van der Waals surface area contributed by atoms with Crippen LogP contribution in [0.15, 0.2) is 36.5 Å². The van der Waals surface area contributed by atoms with E-state index >= 15 is 0 Å². The zero-order valence-corrected chi connectivity index (χ0v) is 11.1. The van der Waals surface area contributed by atoms with Gasteiger partial charge in [0.1, 0.15) is 0 Å². The molecule has 0 spiro atoms. The molecule has 0 aliphatic carbocycles. The van der Waals surface area contributed by atoms with Crippen LogP contribution in [0.1, 0.15) is 22.7 Å². The van der Waals surface area contributed by atoms with E-state index in [2.05, 4.69) is 4.98 Å². The highest BCUT2D eigenvalue weighted by atomic mass is 35.5. The molecule has 0 aliphatic rings. The van der Waals surface area contributed by atoms with Crippen LogP contribution in [-0.4, -0.2) is 12.1 Å². The molecule has 0 radical (unpaired) electrons. The van der Waals surface area contributed by atoms with E-state index in [0.29, 0.717) is 10.9 Å². The zero-order valence-electron chi connectivity index (χ0n) is 10.4. The maximum absolute atomic E-state index is 6.23. The summed E-state index contributed by atoms with van der Waals surface area (Å²) < 4.78 is 5.22. The fourth-order valence-corrected chi connectivity index (χ4v) is 1.98. The lowest BCUT2D eigenvalue weighted by molar-refractivity contribution is 0.390. The molecule has 0 bridgehead atoms. The van der Waals surface area contributed by atoms with Crippen molar-refractivity contribution in [3.8, 4) is 5.88 Å². The minimum absolute atomic E-state index is 0.299. The van der Waals surface area contributed by atoms with Crippen molar-refractivity contribution in [1.29, 1.82) is 0 Å². The lowest BCUT2D eigenvalue weighted by Gasteiger charge is -2.15. The maximum Gasteiger partial charge on any atom is 0.218 e. The number of aromatic nitrogens is 1. The Morgan fingerprint density at radius 3 is 2.78 bits per heavy atom. The number of aryl methyl sites for hydroxylation is 1. The molecular weight excluding hydrogens is 248 g/mol. The van der Waals surface area contributed by atoms with Crippen molar-refractivity contribution in [1.82, 2.24) is 4.98 Å². The van der Waals surface area contributed by atoms with Gasteiger partial charge in [0, 0.05) is 16.8 Å². The highest BCUT2D eigenvalue weighted by Gasteiger charge is 2.15. The first kappa shape index (κ1) is 12.9. The number of ether oxygens (including phenoxy) is 1. The van der Waals surface area contributed by atoms with Crippen molar-refractivity contribution in [2.24, 2.45) is 5.73 Å². The van der Waals surface area contributed by atoms with Crippen LogP contribution in [-0.2, 0) is 0 Å². The normalized spacial score (nSPS) is 12.2. The van der Waals surface area contributed by atoms with E-state index < -0.39 is 0 Å². The smallest absolute Gasteiger partial charge is 0.218 e. The number of hydrogen-bond donors (Lipinski definition) is 1. The molecule has 94 valence electrons. The fourth-order valence-electron chi connectivity index (χ4n) is 1.79. The standard InChI is InChI=1S/C14H15ClN2O/c1-9-5-6-10(8-12(9)15)13(16)11-4-3-7-17-14(11)18-2/h3-8,13H,16H2,1-2H3. The van der Waals surface area contributed by atoms with E-state index in [1.807, 2.05) is 37.3 Å². The van der Waals surface area contributed by atoms with Crippen LogP contribution in [0.4, 0.5) is 0 Å². The molecule has 1 atom stereocenters. The second-order valence-electron chi connectivity index (χ2n) is 4.09. The highest BCUT2D eigenvalue weighted by molar-refractivity contribution is 6.31. The minimum Gasteiger partial charge on any atom is -0.481 e. The maximum atomic E-state index is 6.23. The predicted molar refractivity (Wildman–Crippen MR) is 73.0 cm³/mol. The third kappa shape index (κ3) is 2.47. The van der Waals surface area contributed by atoms with E-state index in [4.69, 9.17) is 22.1 Å². The van der Waals surface area contributed by atoms with Gasteiger partial charge in [0.25, 0.3) is 0 Å². The molecule has 0 fully saturated rings. The third-order valence-electron chi connectivity index (χ3n) is 2.88. The first-order chi connectivity index (χ1) is 8.63. The monoisotopic (exact) mass is 262 g/mol. The molecule has 0 amide bonds. The molecule has 0 saturated heterocycles. The number of nitrogens with zero attached hydrogens (tertiary/aromatic N) is 1. The molecule has 0 aliphatic heterocycles. The van der Waals surface area contributed by atoms with Crippen molar-refractivity contribution >= 4 is 11.6 Å². The van der Waals surface area contributed by atoms with Crippen LogP contribution in [0.25, 0.3) is 0 Å². The molecule has 2 rings (SSSR count). The third-order valence-corrected chi connectivity index (χ3v) is 3.29. The van der Waals surface area contributed by atoms with Gasteiger partial charge in [0.2, 0.25) is 5.88 Å². The van der Waals surface area contributed by atoms with Crippen LogP contribution in [0.3, 0.4) is 0 Å². The average Bonchev–Trinajstić information content (AvgIpc) is 2.41. The Balaban J connectivity index is 2.41. The SMILES string of the molecule is COc1ncccc1C(N)c1ccc(C)c(Cl)c1. The van der Waals surface area contributed by atoms with Crippen molar-refractivity contribution in [3.05, 3.63) is 58.2 Å². The Hall–Kier alpha value is -1.58. The van der Waals surface area contributed by atoms with Crippen LogP contribution in [0.5, 0.6) is 5.88 Å². The van der Waals surface area contributed by atoms with Crippen molar-refractivity contribution < 1.29 is 4.74 Å². The summed E-state index contributed by atoms with van der Waals surface area (Å²) in [7, 11) is 1.58. The van der Waals surface area contributed by atoms with Crippen LogP contribution < -0.4 is 10.5 Å². The topological polar surface area (TPSA) is 48.1 Å². The fraction of sp³-hybridized carbons (Fsp3) is 0.214. The first-order valence-electron chi connectivity index (χ1n) is 5.64. The minimum atomic E-state index is -0.299. The van der Waals surface area contributed by atoms with Gasteiger partial charge in [-0.25, -0.2) is 4.98 Å². The quantitative estimate of drug-likeness (QED) is 0.925. The van der Waals surface area contributed by atoms with Gasteiger partial charge in [-0.05, 0) is 30.2 Å². The molecule has 0 saturated carbocycles. The summed E-state index contributed by atoms with van der Waals surface area (Å²) in [6, 6.07) is 9.26. The number of methoxy groups -OCH3 is 1. The van der Waals surface area contributed by atoms with Gasteiger partial charge in [0.05, 0.1) is 13.2 Å². The number of hydrogen-bond acceptors (Lipinski definition) is 3. The number of nitrogens with two attached hydrogens (primary N) is 1. The summed E-state index contributed by atoms with van der Waals surface area (Å²) in [5, 5.41) is 0.714. The van der Waals surface area contributed by atoms with Crippen molar-refractivity contribution in [2.75, 3.05) is 7.11 Å². The number of pyridine rings is 1.